The lowest BCUT2D eigenvalue weighted by Crippen LogP contribution is -2.46. The van der Waals surface area contributed by atoms with Crippen LogP contribution in [-0.4, -0.2) is 140 Å². The number of halogens is 1. The van der Waals surface area contributed by atoms with Crippen LogP contribution in [0.3, 0.4) is 0 Å². The van der Waals surface area contributed by atoms with Crippen LogP contribution < -0.4 is 21.7 Å². The van der Waals surface area contributed by atoms with Crippen LogP contribution in [0.4, 0.5) is 11.5 Å². The van der Waals surface area contributed by atoms with Gasteiger partial charge in [-0.25, -0.2) is 28.6 Å². The quantitative estimate of drug-likeness (QED) is 0.0101. The number of hydrogen-bond acceptors (Lipinski definition) is 21. The molecule has 1 aromatic carbocycles. The molecule has 75 heavy (non-hydrogen) atoms. The number of nitrogens with one attached hydrogen (secondary N) is 3. The molecular formula is C40H61IN11O19P3S. The van der Waals surface area contributed by atoms with Crippen LogP contribution in [0.2, 0.25) is 0 Å². The number of nitrogen functional groups attached to an aromatic ring is 1. The number of carbonyl (C=O) groups is 4. The first kappa shape index (κ1) is 63.6. The third-order valence-corrected chi connectivity index (χ3v) is 16.0. The second kappa shape index (κ2) is 29.7. The number of phosphoric ester groups is 3. The van der Waals surface area contributed by atoms with Crippen LogP contribution >= 0.6 is 57.8 Å². The molecule has 35 heteroatoms. The van der Waals surface area contributed by atoms with Gasteiger partial charge in [-0.2, -0.15) is 4.31 Å². The summed E-state index contributed by atoms with van der Waals surface area (Å²) in [6, 6.07) is 2.73. The van der Waals surface area contributed by atoms with Crippen molar-refractivity contribution < 1.29 is 90.4 Å². The zero-order chi connectivity index (χ0) is 55.6. The van der Waals surface area contributed by atoms with Crippen molar-refractivity contribution in [2.75, 3.05) is 44.3 Å². The van der Waals surface area contributed by atoms with E-state index in [0.717, 1.165) is 86.8 Å². The number of azide groups is 1. The molecule has 0 spiro atoms. The number of phenolic OH excluding ortho intramolecular Hbond substituents is 1. The second-order valence-electron chi connectivity index (χ2n) is 17.5. The lowest BCUT2D eigenvalue weighted by atomic mass is 9.87. The normalized spacial score (nSPS) is 18.9. The summed E-state index contributed by atoms with van der Waals surface area (Å²) in [4.78, 5) is 104. The molecule has 3 heterocycles. The highest BCUT2D eigenvalue weighted by Gasteiger charge is 2.50. The van der Waals surface area contributed by atoms with Crippen molar-refractivity contribution in [3.05, 3.63) is 44.4 Å². The summed E-state index contributed by atoms with van der Waals surface area (Å²) >= 11 is 3.03. The molecule has 1 aliphatic heterocycles. The van der Waals surface area contributed by atoms with E-state index in [0.29, 0.717) is 22.3 Å². The number of hydrogen-bond donors (Lipinski definition) is 11. The van der Waals surface area contributed by atoms with Gasteiger partial charge in [0.1, 0.15) is 42.0 Å². The number of aromatic nitrogens is 4. The predicted molar refractivity (Wildman–Crippen MR) is 275 cm³/mol. The Morgan fingerprint density at radius 2 is 1.59 bits per heavy atom. The van der Waals surface area contributed by atoms with E-state index >= 15 is 0 Å². The fourth-order valence-corrected chi connectivity index (χ4v) is 11.3. The largest absolute Gasteiger partial charge is 0.507 e. The highest BCUT2D eigenvalue weighted by atomic mass is 125. The van der Waals surface area contributed by atoms with Gasteiger partial charge in [-0.3, -0.25) is 37.3 Å². The number of benzene rings is 1. The Balaban J connectivity index is 1.03. The van der Waals surface area contributed by atoms with Crippen LogP contribution in [0.15, 0.2) is 29.9 Å². The van der Waals surface area contributed by atoms with Gasteiger partial charge in [-0.15, -0.1) is 0 Å². The van der Waals surface area contributed by atoms with Crippen molar-refractivity contribution >= 4 is 103 Å². The van der Waals surface area contributed by atoms with Crippen LogP contribution in [-0.2, 0) is 50.7 Å². The van der Waals surface area contributed by atoms with Crippen molar-refractivity contribution in [1.29, 1.82) is 0 Å². The molecule has 2 aromatic heterocycles. The van der Waals surface area contributed by atoms with E-state index in [2.05, 4.69) is 49.8 Å². The number of aromatic hydroxyl groups is 1. The Morgan fingerprint density at radius 1 is 0.933 bits per heavy atom. The van der Waals surface area contributed by atoms with Crippen molar-refractivity contribution in [3.8, 4) is 5.75 Å². The standard InChI is InChI=1S/C40H61IN11O19P3S/c1-40(2,21-68-74(65,66)71-73(63,64)67-20-28-33(70-72(60,61)62)32(56)39(69-28)52-23-49-31-35(42)47-22-48-36(31)52)34(57)38(59)46-15-13-29(54)44-16-17-75-30(55)12-10-8-6-4-3-5-7-9-11-14-45-37(58)24-18-25(41)26(50-51-43)19-27(24)53/h18-19,22-23,28,32-34,39,53,56-57H,3-17,20-21H2,1-2H3,(H,44,54)(H,45,58)(H,46,59)(H,63,64)(H,65,66)(H2,42,47,48)(H2,60,61,62)/t28-,32-,33-,34+,39-/m1/s1/i41-2. The van der Waals surface area contributed by atoms with E-state index in [-0.39, 0.29) is 58.6 Å². The van der Waals surface area contributed by atoms with Crippen LogP contribution in [0.5, 0.6) is 5.75 Å². The number of amides is 3. The lowest BCUT2D eigenvalue weighted by molar-refractivity contribution is -0.137. The van der Waals surface area contributed by atoms with E-state index < -0.39 is 90.5 Å². The Morgan fingerprint density at radius 3 is 2.25 bits per heavy atom. The molecule has 4 rings (SSSR count). The van der Waals surface area contributed by atoms with Gasteiger partial charge in [-0.1, -0.05) is 75.7 Å². The number of rotatable bonds is 33. The lowest BCUT2D eigenvalue weighted by Gasteiger charge is -2.30. The number of carbonyl (C=O) groups excluding carboxylic acids is 4. The molecule has 0 aliphatic carbocycles. The molecule has 3 aromatic rings. The van der Waals surface area contributed by atoms with E-state index in [4.69, 9.17) is 25.0 Å². The fraction of sp³-hybridized carbons (Fsp3) is 0.625. The van der Waals surface area contributed by atoms with Gasteiger partial charge in [0.2, 0.25) is 11.8 Å². The number of nitrogens with zero attached hydrogens (tertiary/aromatic N) is 7. The Labute approximate surface area is 447 Å². The number of phosphoric acid groups is 3. The summed E-state index contributed by atoms with van der Waals surface area (Å²) < 4.78 is 63.0. The topological polar surface area (TPSA) is 462 Å². The highest BCUT2D eigenvalue weighted by Crippen LogP contribution is 2.61. The van der Waals surface area contributed by atoms with E-state index in [1.807, 2.05) is 22.6 Å². The number of aliphatic hydroxyl groups excluding tert-OH is 2. The van der Waals surface area contributed by atoms with E-state index in [1.54, 1.807) is 0 Å². The molecule has 7 atom stereocenters. The van der Waals surface area contributed by atoms with Crippen LogP contribution in [0.1, 0.15) is 101 Å². The molecule has 1 fully saturated rings. The van der Waals surface area contributed by atoms with Gasteiger partial charge in [-0.05, 0) is 53.1 Å². The second-order valence-corrected chi connectivity index (χ2v) is 24.0. The first-order valence-electron chi connectivity index (χ1n) is 23.1. The molecule has 0 saturated carbocycles. The Hall–Kier alpha value is -3.91. The zero-order valence-electron chi connectivity index (χ0n) is 40.6. The molecule has 30 nitrogen and oxygen atoms in total. The number of anilines is 1. The third kappa shape index (κ3) is 21.1. The fourth-order valence-electron chi connectivity index (χ4n) is 7.15. The molecule has 1 aliphatic rings. The number of imidazole rings is 1. The van der Waals surface area contributed by atoms with E-state index in [1.165, 1.54) is 26.0 Å². The number of nitrogens with two attached hydrogens (primary N) is 1. The van der Waals surface area contributed by atoms with Gasteiger partial charge >= 0.3 is 23.5 Å². The van der Waals surface area contributed by atoms with Gasteiger partial charge in [0.25, 0.3) is 5.91 Å². The molecule has 2 unspecified atom stereocenters. The van der Waals surface area contributed by atoms with Crippen molar-refractivity contribution in [2.24, 2.45) is 10.5 Å². The molecular weight excluding hydrogens is 1190 g/mol. The number of thioether (sulfide) groups is 1. The first-order valence-corrected chi connectivity index (χ1v) is 29.7. The summed E-state index contributed by atoms with van der Waals surface area (Å²) in [6.45, 7) is 0.885. The van der Waals surface area contributed by atoms with Crippen LogP contribution in [0.25, 0.3) is 21.6 Å². The minimum absolute atomic E-state index is 0.00314. The molecule has 12 N–H and O–H groups in total. The summed E-state index contributed by atoms with van der Waals surface area (Å²) in [5, 5.41) is 43.0. The van der Waals surface area contributed by atoms with Crippen molar-refractivity contribution in [3.63, 3.8) is 0 Å². The maximum absolute atomic E-state index is 12.8. The summed E-state index contributed by atoms with van der Waals surface area (Å²) in [7, 11) is -16.5. The zero-order valence-corrected chi connectivity index (χ0v) is 46.2. The number of fused-ring (bicyclic) bond motifs is 1. The highest BCUT2D eigenvalue weighted by molar-refractivity contribution is 14.1. The molecule has 0 bridgehead atoms. The van der Waals surface area contributed by atoms with Crippen LogP contribution in [0, 0.1) is 8.99 Å². The monoisotopic (exact) mass is 1250 g/mol. The molecule has 1 saturated heterocycles. The Bertz CT molecular complexity index is 2650. The summed E-state index contributed by atoms with van der Waals surface area (Å²) in [5.41, 5.74) is 13.2. The van der Waals surface area contributed by atoms with Gasteiger partial charge < -0.3 is 61.3 Å². The molecule has 0 radical (unpaired) electrons. The minimum Gasteiger partial charge on any atom is -0.507 e. The van der Waals surface area contributed by atoms with Gasteiger partial charge in [0.15, 0.2) is 22.8 Å². The maximum atomic E-state index is 12.8. The van der Waals surface area contributed by atoms with Crippen molar-refractivity contribution in [2.45, 2.75) is 115 Å². The number of unbranched alkanes of at least 4 members (excludes halogenated alkanes) is 8. The average molecular weight is 1250 g/mol. The SMILES string of the molecule is CC(C)(COP(=O)(O)OP(=O)(O)OC[C@H]1O[C@@H](n2cnc3c(N)ncnc32)[C@H](O)[C@@H]1OP(=O)(O)O)[C@@H](O)C(=O)NCCC(=O)NCCSC(=O)CCCCCCCCCCCNC(=O)c1cc([125I])c(N=[N+]=[N-])cc1O. The smallest absolute Gasteiger partial charge is 0.481 e. The number of ether oxygens (including phenoxy) is 1. The van der Waals surface area contributed by atoms with Gasteiger partial charge in [0, 0.05) is 52.1 Å². The van der Waals surface area contributed by atoms with Gasteiger partial charge in [0.05, 0.1) is 30.8 Å². The molecule has 418 valence electrons. The summed E-state index contributed by atoms with van der Waals surface area (Å²) in [6.07, 6.45) is 1.93. The first-order chi connectivity index (χ1) is 35.2. The number of aliphatic hydroxyl groups is 2. The van der Waals surface area contributed by atoms with Crippen molar-refractivity contribution in [1.82, 2.24) is 35.5 Å². The maximum Gasteiger partial charge on any atom is 0.481 e. The third-order valence-electron chi connectivity index (χ3n) is 11.1. The molecule has 3 amide bonds. The average Bonchev–Trinajstić information content (AvgIpc) is 3.89. The minimum atomic E-state index is -5.60. The number of phenols is 1. The summed E-state index contributed by atoms with van der Waals surface area (Å²) in [5.74, 6) is -1.81. The Kier molecular flexibility index (Phi) is 25.2. The predicted octanol–water partition coefficient (Wildman–Crippen LogP) is 4.25. The van der Waals surface area contributed by atoms with E-state index in [9.17, 15) is 67.8 Å².